The van der Waals surface area contributed by atoms with Gasteiger partial charge >= 0.3 is 0 Å². The number of ether oxygens (including phenoxy) is 1. The third-order valence-electron chi connectivity index (χ3n) is 2.38. The van der Waals surface area contributed by atoms with Crippen molar-refractivity contribution in [3.05, 3.63) is 24.4 Å². The van der Waals surface area contributed by atoms with E-state index in [4.69, 9.17) is 4.74 Å². The van der Waals surface area contributed by atoms with Gasteiger partial charge in [0.15, 0.2) is 0 Å². The van der Waals surface area contributed by atoms with Gasteiger partial charge in [-0.2, -0.15) is 4.37 Å². The number of hydrogen-bond donors (Lipinski definition) is 1. The van der Waals surface area contributed by atoms with Gasteiger partial charge in [-0.1, -0.05) is 12.1 Å². The van der Waals surface area contributed by atoms with Crippen molar-refractivity contribution < 1.29 is 4.74 Å². The minimum absolute atomic E-state index is 0.336. The molecule has 14 heavy (non-hydrogen) atoms. The summed E-state index contributed by atoms with van der Waals surface area (Å²) >= 11 is 1.50. The Hall–Kier alpha value is -1.13. The quantitative estimate of drug-likeness (QED) is 0.811. The Kier molecular flexibility index (Phi) is 1.89. The van der Waals surface area contributed by atoms with Crippen molar-refractivity contribution >= 4 is 21.6 Å². The highest BCUT2D eigenvalue weighted by atomic mass is 32.1. The van der Waals surface area contributed by atoms with Gasteiger partial charge in [-0.05, 0) is 17.6 Å². The summed E-state index contributed by atoms with van der Waals surface area (Å²) in [4.78, 5) is 0. The molecule has 72 valence electrons. The van der Waals surface area contributed by atoms with Crippen LogP contribution in [0.4, 0.5) is 0 Å². The third-order valence-corrected chi connectivity index (χ3v) is 3.21. The Labute approximate surface area is 85.9 Å². The maximum Gasteiger partial charge on any atom is 0.139 e. The number of rotatable bonds is 2. The fourth-order valence-corrected chi connectivity index (χ4v) is 2.19. The first kappa shape index (κ1) is 8.20. The molecule has 0 amide bonds. The average Bonchev–Trinajstić information content (AvgIpc) is 2.59. The van der Waals surface area contributed by atoms with Crippen LogP contribution < -0.4 is 10.1 Å². The van der Waals surface area contributed by atoms with E-state index in [0.717, 1.165) is 23.5 Å². The maximum atomic E-state index is 5.83. The molecular weight excluding hydrogens is 196 g/mol. The van der Waals surface area contributed by atoms with Crippen LogP contribution in [0.15, 0.2) is 24.4 Å². The molecule has 1 aromatic heterocycles. The van der Waals surface area contributed by atoms with Gasteiger partial charge in [0.2, 0.25) is 0 Å². The molecule has 1 saturated heterocycles. The van der Waals surface area contributed by atoms with E-state index in [-0.39, 0.29) is 0 Å². The number of nitrogens with one attached hydrogen (secondary N) is 1. The van der Waals surface area contributed by atoms with Crippen molar-refractivity contribution in [1.82, 2.24) is 9.69 Å². The first-order valence-electron chi connectivity index (χ1n) is 4.64. The van der Waals surface area contributed by atoms with Crippen molar-refractivity contribution in [2.75, 3.05) is 13.1 Å². The van der Waals surface area contributed by atoms with Gasteiger partial charge in [-0.15, -0.1) is 0 Å². The molecule has 1 aromatic carbocycles. The summed E-state index contributed by atoms with van der Waals surface area (Å²) in [5, 5.41) is 4.35. The lowest BCUT2D eigenvalue weighted by Crippen LogP contribution is -2.50. The first-order valence-corrected chi connectivity index (χ1v) is 5.41. The molecule has 0 atom stereocenters. The summed E-state index contributed by atoms with van der Waals surface area (Å²) in [5.74, 6) is 0.969. The Balaban J connectivity index is 1.97. The van der Waals surface area contributed by atoms with Crippen LogP contribution in [0.2, 0.25) is 0 Å². The highest BCUT2D eigenvalue weighted by Crippen LogP contribution is 2.29. The van der Waals surface area contributed by atoms with E-state index in [1.54, 1.807) is 0 Å². The average molecular weight is 206 g/mol. The SMILES string of the molecule is c1cc(OC2CNC2)c2sncc2c1. The van der Waals surface area contributed by atoms with Crippen molar-refractivity contribution in [3.63, 3.8) is 0 Å². The van der Waals surface area contributed by atoms with Crippen LogP contribution in [0, 0.1) is 0 Å². The molecule has 2 heterocycles. The molecule has 3 rings (SSSR count). The Morgan fingerprint density at radius 3 is 3.14 bits per heavy atom. The minimum atomic E-state index is 0.336. The van der Waals surface area contributed by atoms with Gasteiger partial charge in [-0.3, -0.25) is 0 Å². The van der Waals surface area contributed by atoms with Gasteiger partial charge in [0.25, 0.3) is 0 Å². The van der Waals surface area contributed by atoms with Crippen LogP contribution in [0.25, 0.3) is 10.1 Å². The number of aromatic nitrogens is 1. The van der Waals surface area contributed by atoms with Crippen LogP contribution in [-0.4, -0.2) is 23.6 Å². The number of fused-ring (bicyclic) bond motifs is 1. The van der Waals surface area contributed by atoms with Crippen LogP contribution >= 0.6 is 11.5 Å². The van der Waals surface area contributed by atoms with Crippen LogP contribution in [0.1, 0.15) is 0 Å². The molecule has 2 aromatic rings. The van der Waals surface area contributed by atoms with E-state index in [2.05, 4.69) is 15.8 Å². The van der Waals surface area contributed by atoms with Crippen LogP contribution in [0.3, 0.4) is 0 Å². The summed E-state index contributed by atoms with van der Waals surface area (Å²) in [6.07, 6.45) is 2.22. The summed E-state index contributed by atoms with van der Waals surface area (Å²) in [6, 6.07) is 6.09. The topological polar surface area (TPSA) is 34.1 Å². The molecular formula is C10H10N2OS. The predicted molar refractivity (Wildman–Crippen MR) is 56.9 cm³/mol. The molecule has 0 unspecified atom stereocenters. The van der Waals surface area contributed by atoms with Gasteiger partial charge in [-0.25, -0.2) is 0 Å². The van der Waals surface area contributed by atoms with Crippen LogP contribution in [-0.2, 0) is 0 Å². The fourth-order valence-electron chi connectivity index (χ4n) is 1.49. The van der Waals surface area contributed by atoms with Gasteiger partial charge in [0.05, 0.1) is 4.70 Å². The molecule has 3 nitrogen and oxygen atoms in total. The molecule has 0 radical (unpaired) electrons. The summed E-state index contributed by atoms with van der Waals surface area (Å²) < 4.78 is 11.1. The molecule has 0 saturated carbocycles. The lowest BCUT2D eigenvalue weighted by molar-refractivity contribution is 0.144. The lowest BCUT2D eigenvalue weighted by atomic mass is 10.2. The number of benzene rings is 1. The van der Waals surface area contributed by atoms with Gasteiger partial charge < -0.3 is 10.1 Å². The standard InChI is InChI=1S/C10H10N2OS/c1-2-7-4-12-14-10(7)9(3-1)13-8-5-11-6-8/h1-4,8,11H,5-6H2. The monoisotopic (exact) mass is 206 g/mol. The molecule has 0 aliphatic carbocycles. The van der Waals surface area contributed by atoms with Crippen molar-refractivity contribution in [2.24, 2.45) is 0 Å². The fraction of sp³-hybridized carbons (Fsp3) is 0.300. The zero-order valence-electron chi connectivity index (χ0n) is 7.56. The van der Waals surface area contributed by atoms with E-state index < -0.39 is 0 Å². The minimum Gasteiger partial charge on any atom is -0.486 e. The number of nitrogens with zero attached hydrogens (tertiary/aromatic N) is 1. The predicted octanol–water partition coefficient (Wildman–Crippen LogP) is 1.65. The second-order valence-corrected chi connectivity index (χ2v) is 4.20. The second-order valence-electron chi connectivity index (χ2n) is 3.40. The first-order chi connectivity index (χ1) is 6.93. The molecule has 1 aliphatic rings. The summed E-state index contributed by atoms with van der Waals surface area (Å²) in [6.45, 7) is 1.91. The van der Waals surface area contributed by atoms with Crippen molar-refractivity contribution in [3.8, 4) is 5.75 Å². The number of hydrogen-bond acceptors (Lipinski definition) is 4. The Bertz CT molecular complexity index is 450. The smallest absolute Gasteiger partial charge is 0.139 e. The van der Waals surface area contributed by atoms with E-state index in [9.17, 15) is 0 Å². The molecule has 1 N–H and O–H groups in total. The molecule has 0 bridgehead atoms. The lowest BCUT2D eigenvalue weighted by Gasteiger charge is -2.27. The van der Waals surface area contributed by atoms with E-state index in [1.165, 1.54) is 16.9 Å². The van der Waals surface area contributed by atoms with Gasteiger partial charge in [0, 0.05) is 24.7 Å². The molecule has 4 heteroatoms. The van der Waals surface area contributed by atoms with E-state index >= 15 is 0 Å². The maximum absolute atomic E-state index is 5.83. The Morgan fingerprint density at radius 1 is 1.43 bits per heavy atom. The van der Waals surface area contributed by atoms with Gasteiger partial charge in [0.1, 0.15) is 11.9 Å². The highest BCUT2D eigenvalue weighted by Gasteiger charge is 2.19. The van der Waals surface area contributed by atoms with E-state index in [1.807, 2.05) is 18.3 Å². The van der Waals surface area contributed by atoms with Crippen molar-refractivity contribution in [1.29, 1.82) is 0 Å². The molecule has 1 aliphatic heterocycles. The van der Waals surface area contributed by atoms with Crippen LogP contribution in [0.5, 0.6) is 5.75 Å². The summed E-state index contributed by atoms with van der Waals surface area (Å²) in [5.41, 5.74) is 0. The van der Waals surface area contributed by atoms with E-state index in [0.29, 0.717) is 6.10 Å². The zero-order chi connectivity index (χ0) is 9.38. The third kappa shape index (κ3) is 1.27. The largest absolute Gasteiger partial charge is 0.486 e. The molecule has 1 fully saturated rings. The Morgan fingerprint density at radius 2 is 2.36 bits per heavy atom. The highest BCUT2D eigenvalue weighted by molar-refractivity contribution is 7.13. The normalized spacial score (nSPS) is 16.9. The summed E-state index contributed by atoms with van der Waals surface area (Å²) in [7, 11) is 0. The molecule has 0 spiro atoms. The second kappa shape index (κ2) is 3.22. The zero-order valence-corrected chi connectivity index (χ0v) is 8.38. The van der Waals surface area contributed by atoms with Crippen molar-refractivity contribution in [2.45, 2.75) is 6.10 Å².